The van der Waals surface area contributed by atoms with Gasteiger partial charge in [0.25, 0.3) is 0 Å². The fraction of sp³-hybridized carbons (Fsp3) is 1.00. The molecular formula is C7H17O3PS. The quantitative estimate of drug-likeness (QED) is 0.608. The van der Waals surface area contributed by atoms with Gasteiger partial charge in [-0.05, 0) is 19.6 Å². The minimum Gasteiger partial charge on any atom is -0.308 e. The second-order valence-corrected chi connectivity index (χ2v) is 5.82. The van der Waals surface area contributed by atoms with E-state index in [4.69, 9.17) is 9.05 Å². The van der Waals surface area contributed by atoms with Crippen molar-refractivity contribution in [2.45, 2.75) is 20.8 Å². The first-order chi connectivity index (χ1) is 5.68. The summed E-state index contributed by atoms with van der Waals surface area (Å²) in [5.74, 6) is 0.935. The summed E-state index contributed by atoms with van der Waals surface area (Å²) < 4.78 is 21.9. The van der Waals surface area contributed by atoms with Crippen LogP contribution in [0, 0.1) is 0 Å². The minimum atomic E-state index is -2.77. The summed E-state index contributed by atoms with van der Waals surface area (Å²) in [6.45, 7) is 6.56. The average Bonchev–Trinajstić information content (AvgIpc) is 2.02. The Morgan fingerprint density at radius 1 is 1.17 bits per heavy atom. The zero-order valence-corrected chi connectivity index (χ0v) is 9.62. The van der Waals surface area contributed by atoms with Gasteiger partial charge in [0.05, 0.1) is 18.7 Å². The van der Waals surface area contributed by atoms with Gasteiger partial charge in [0.2, 0.25) is 0 Å². The highest BCUT2D eigenvalue weighted by Crippen LogP contribution is 2.50. The van der Waals surface area contributed by atoms with Crippen molar-refractivity contribution in [2.75, 3.05) is 24.5 Å². The van der Waals surface area contributed by atoms with Crippen LogP contribution in [-0.2, 0) is 13.6 Å². The maximum absolute atomic E-state index is 11.7. The Hall–Kier alpha value is 0.500. The van der Waals surface area contributed by atoms with Crippen LogP contribution in [0.15, 0.2) is 0 Å². The lowest BCUT2D eigenvalue weighted by molar-refractivity contribution is 0.224. The Labute approximate surface area is 78.7 Å². The third kappa shape index (κ3) is 5.20. The van der Waals surface area contributed by atoms with Gasteiger partial charge in [0.1, 0.15) is 0 Å². The molecule has 0 aliphatic carbocycles. The Morgan fingerprint density at radius 3 is 2.00 bits per heavy atom. The van der Waals surface area contributed by atoms with Crippen LogP contribution in [0.3, 0.4) is 0 Å². The standard InChI is InChI=1S/C7H17O3PS/c1-4-9-11(8,10-5-2)7-12-6-3/h4-7H2,1-3H3. The van der Waals surface area contributed by atoms with Crippen molar-refractivity contribution in [3.8, 4) is 0 Å². The molecule has 0 radical (unpaired) electrons. The van der Waals surface area contributed by atoms with E-state index in [9.17, 15) is 4.57 Å². The van der Waals surface area contributed by atoms with Gasteiger partial charge < -0.3 is 9.05 Å². The molecule has 0 saturated heterocycles. The molecule has 0 heterocycles. The zero-order valence-electron chi connectivity index (χ0n) is 7.91. The summed E-state index contributed by atoms with van der Waals surface area (Å²) in [7, 11) is -2.77. The van der Waals surface area contributed by atoms with Crippen LogP contribution in [0.4, 0.5) is 0 Å². The lowest BCUT2D eigenvalue weighted by Crippen LogP contribution is -1.97. The summed E-state index contributed by atoms with van der Waals surface area (Å²) in [5, 5.41) is 0. The molecule has 0 unspecified atom stereocenters. The molecule has 0 rings (SSSR count). The summed E-state index contributed by atoms with van der Waals surface area (Å²) in [4.78, 5) is 0. The summed E-state index contributed by atoms with van der Waals surface area (Å²) >= 11 is 1.58. The van der Waals surface area contributed by atoms with Crippen LogP contribution < -0.4 is 0 Å². The van der Waals surface area contributed by atoms with E-state index in [2.05, 4.69) is 0 Å². The molecule has 0 atom stereocenters. The van der Waals surface area contributed by atoms with Gasteiger partial charge in [-0.3, -0.25) is 4.57 Å². The molecule has 0 N–H and O–H groups in total. The van der Waals surface area contributed by atoms with E-state index in [-0.39, 0.29) is 0 Å². The van der Waals surface area contributed by atoms with E-state index in [0.29, 0.717) is 18.7 Å². The van der Waals surface area contributed by atoms with Crippen molar-refractivity contribution in [2.24, 2.45) is 0 Å². The largest absolute Gasteiger partial charge is 0.340 e. The second kappa shape index (κ2) is 6.96. The third-order valence-corrected chi connectivity index (χ3v) is 4.81. The Kier molecular flexibility index (Phi) is 7.25. The number of rotatable bonds is 7. The Balaban J connectivity index is 3.90. The molecule has 0 amide bonds. The van der Waals surface area contributed by atoms with Crippen molar-refractivity contribution in [3.05, 3.63) is 0 Å². The highest BCUT2D eigenvalue weighted by molar-refractivity contribution is 8.04. The molecule has 0 bridgehead atoms. The molecule has 12 heavy (non-hydrogen) atoms. The molecule has 3 nitrogen and oxygen atoms in total. The van der Waals surface area contributed by atoms with Crippen molar-refractivity contribution in [1.82, 2.24) is 0 Å². The molecule has 0 aliphatic heterocycles. The monoisotopic (exact) mass is 212 g/mol. The smallest absolute Gasteiger partial charge is 0.308 e. The van der Waals surface area contributed by atoms with E-state index in [1.165, 1.54) is 0 Å². The number of thioether (sulfide) groups is 1. The fourth-order valence-electron chi connectivity index (χ4n) is 0.708. The number of hydrogen-bond donors (Lipinski definition) is 0. The predicted molar refractivity (Wildman–Crippen MR) is 53.9 cm³/mol. The van der Waals surface area contributed by atoms with Crippen molar-refractivity contribution < 1.29 is 13.6 Å². The first kappa shape index (κ1) is 12.5. The number of hydrogen-bond acceptors (Lipinski definition) is 4. The minimum absolute atomic E-state index is 0.446. The molecule has 0 fully saturated rings. The molecule has 74 valence electrons. The molecular weight excluding hydrogens is 195 g/mol. The van der Waals surface area contributed by atoms with E-state index in [1.807, 2.05) is 20.8 Å². The van der Waals surface area contributed by atoms with Gasteiger partial charge in [0, 0.05) is 0 Å². The van der Waals surface area contributed by atoms with Crippen LogP contribution in [0.2, 0.25) is 0 Å². The summed E-state index contributed by atoms with van der Waals surface area (Å²) in [6, 6.07) is 0. The SMILES string of the molecule is CCOP(=O)(CSCC)OCC. The summed E-state index contributed by atoms with van der Waals surface area (Å²) in [5.41, 5.74) is 0.463. The van der Waals surface area contributed by atoms with Crippen molar-refractivity contribution in [3.63, 3.8) is 0 Å². The van der Waals surface area contributed by atoms with Crippen molar-refractivity contribution in [1.29, 1.82) is 0 Å². The first-order valence-electron chi connectivity index (χ1n) is 4.14. The lowest BCUT2D eigenvalue weighted by atomic mass is 10.9. The molecule has 0 aliphatic rings. The van der Waals surface area contributed by atoms with Crippen LogP contribution in [-0.4, -0.2) is 24.5 Å². The van der Waals surface area contributed by atoms with Gasteiger partial charge in [-0.25, -0.2) is 0 Å². The summed E-state index contributed by atoms with van der Waals surface area (Å²) in [6.07, 6.45) is 0. The first-order valence-corrected chi connectivity index (χ1v) is 7.02. The van der Waals surface area contributed by atoms with E-state index < -0.39 is 7.60 Å². The topological polar surface area (TPSA) is 35.5 Å². The third-order valence-electron chi connectivity index (χ3n) is 1.11. The lowest BCUT2D eigenvalue weighted by Gasteiger charge is -2.15. The zero-order chi connectivity index (χ0) is 9.45. The van der Waals surface area contributed by atoms with Gasteiger partial charge in [-0.2, -0.15) is 0 Å². The molecule has 0 spiro atoms. The highest BCUT2D eigenvalue weighted by Gasteiger charge is 2.22. The molecule has 0 aromatic heterocycles. The van der Waals surface area contributed by atoms with Crippen LogP contribution in [0.25, 0.3) is 0 Å². The molecule has 0 aromatic carbocycles. The van der Waals surface area contributed by atoms with Gasteiger partial charge in [-0.1, -0.05) is 6.92 Å². The van der Waals surface area contributed by atoms with Gasteiger partial charge >= 0.3 is 7.60 Å². The van der Waals surface area contributed by atoms with Crippen LogP contribution in [0.1, 0.15) is 20.8 Å². The van der Waals surface area contributed by atoms with E-state index >= 15 is 0 Å². The second-order valence-electron chi connectivity index (χ2n) is 2.07. The fourth-order valence-corrected chi connectivity index (χ4v) is 3.79. The molecule has 5 heteroatoms. The molecule has 0 aromatic rings. The van der Waals surface area contributed by atoms with Gasteiger partial charge in [-0.15, -0.1) is 11.8 Å². The average molecular weight is 212 g/mol. The van der Waals surface area contributed by atoms with E-state index in [0.717, 1.165) is 5.75 Å². The Bertz CT molecular complexity index is 142. The normalized spacial score (nSPS) is 11.9. The Morgan fingerprint density at radius 2 is 1.67 bits per heavy atom. The van der Waals surface area contributed by atoms with Crippen LogP contribution in [0.5, 0.6) is 0 Å². The highest BCUT2D eigenvalue weighted by atomic mass is 32.2. The van der Waals surface area contributed by atoms with E-state index in [1.54, 1.807) is 11.8 Å². The maximum Gasteiger partial charge on any atom is 0.340 e. The van der Waals surface area contributed by atoms with Crippen LogP contribution >= 0.6 is 19.4 Å². The maximum atomic E-state index is 11.7. The molecule has 0 saturated carbocycles. The van der Waals surface area contributed by atoms with Gasteiger partial charge in [0.15, 0.2) is 0 Å². The predicted octanol–water partition coefficient (Wildman–Crippen LogP) is 2.96. The van der Waals surface area contributed by atoms with Crippen molar-refractivity contribution >= 4 is 19.4 Å².